The summed E-state index contributed by atoms with van der Waals surface area (Å²) >= 11 is 1.08. The van der Waals surface area contributed by atoms with Crippen molar-refractivity contribution in [2.45, 2.75) is 14.4 Å². The molecule has 0 aliphatic carbocycles. The van der Waals surface area contributed by atoms with Gasteiger partial charge in [0.25, 0.3) is 0 Å². The molecule has 0 bridgehead atoms. The Balaban J connectivity index is 1.90. The van der Waals surface area contributed by atoms with E-state index >= 15 is 0 Å². The highest BCUT2D eigenvalue weighted by Crippen LogP contribution is 2.31. The normalized spacial score (nSPS) is 13.6. The number of rotatable bonds is 7. The van der Waals surface area contributed by atoms with Crippen LogP contribution in [0.4, 0.5) is 0 Å². The van der Waals surface area contributed by atoms with Crippen molar-refractivity contribution in [1.82, 2.24) is 4.72 Å². The Hall–Kier alpha value is -1.94. The molecule has 1 N–H and O–H groups in total. The molecule has 1 aromatic carbocycles. The molecule has 0 saturated carbocycles. The molecule has 0 amide bonds. The molecule has 2 heterocycles. The maximum atomic E-state index is 12.9. The molecule has 25 heavy (non-hydrogen) atoms. The molecular weight excluding hydrogens is 382 g/mol. The van der Waals surface area contributed by atoms with Gasteiger partial charge in [-0.1, -0.05) is 24.3 Å². The Bertz CT molecular complexity index is 1010. The number of sulfonamides is 1. The molecule has 0 fully saturated rings. The quantitative estimate of drug-likeness (QED) is 0.662. The third kappa shape index (κ3) is 3.84. The van der Waals surface area contributed by atoms with Gasteiger partial charge in [0.1, 0.15) is 15.2 Å². The molecule has 3 aromatic rings. The van der Waals surface area contributed by atoms with E-state index in [1.165, 1.54) is 30.5 Å². The van der Waals surface area contributed by atoms with Gasteiger partial charge in [0.15, 0.2) is 9.84 Å². The van der Waals surface area contributed by atoms with E-state index in [0.717, 1.165) is 11.3 Å². The summed E-state index contributed by atoms with van der Waals surface area (Å²) in [6.07, 6.45) is 1.36. The number of benzene rings is 1. The monoisotopic (exact) mass is 397 g/mol. The fourth-order valence-corrected chi connectivity index (χ4v) is 6.24. The predicted octanol–water partition coefficient (Wildman–Crippen LogP) is 2.83. The second kappa shape index (κ2) is 7.12. The van der Waals surface area contributed by atoms with Gasteiger partial charge in [0.05, 0.1) is 11.2 Å². The molecule has 0 radical (unpaired) electrons. The zero-order valence-electron chi connectivity index (χ0n) is 12.9. The second-order valence-electron chi connectivity index (χ2n) is 5.15. The lowest BCUT2D eigenvalue weighted by atomic mass is 10.3. The number of sulfone groups is 1. The molecule has 6 nitrogen and oxygen atoms in total. The Morgan fingerprint density at radius 1 is 0.960 bits per heavy atom. The van der Waals surface area contributed by atoms with Crippen LogP contribution in [-0.4, -0.2) is 23.4 Å². The summed E-state index contributed by atoms with van der Waals surface area (Å²) in [5, 5.41) is 0.500. The topological polar surface area (TPSA) is 93.4 Å². The lowest BCUT2D eigenvalue weighted by Crippen LogP contribution is -2.31. The molecule has 3 rings (SSSR count). The average Bonchev–Trinajstić information content (AvgIpc) is 3.30. The average molecular weight is 397 g/mol. The molecular formula is C16H15NO5S3. The van der Waals surface area contributed by atoms with E-state index in [1.807, 2.05) is 0 Å². The first-order valence-corrected chi connectivity index (χ1v) is 11.2. The fraction of sp³-hybridized carbons (Fsp3) is 0.125. The summed E-state index contributed by atoms with van der Waals surface area (Å²) < 4.78 is 58.3. The maximum absolute atomic E-state index is 12.9. The molecule has 0 unspecified atom stereocenters. The third-order valence-electron chi connectivity index (χ3n) is 3.52. The van der Waals surface area contributed by atoms with Crippen LogP contribution < -0.4 is 4.72 Å². The van der Waals surface area contributed by atoms with Crippen LogP contribution in [0.15, 0.2) is 79.8 Å². The minimum absolute atomic E-state index is 0.0710. The number of thiophene rings is 1. The van der Waals surface area contributed by atoms with E-state index < -0.39 is 25.1 Å². The van der Waals surface area contributed by atoms with Gasteiger partial charge in [-0.05, 0) is 35.7 Å². The molecule has 9 heteroatoms. The van der Waals surface area contributed by atoms with Crippen molar-refractivity contribution in [3.05, 3.63) is 72.0 Å². The number of nitrogens with one attached hydrogen (secondary N) is 1. The molecule has 0 spiro atoms. The fourth-order valence-electron chi connectivity index (χ4n) is 2.27. The lowest BCUT2D eigenvalue weighted by molar-refractivity contribution is 0.487. The molecule has 0 aliphatic heterocycles. The van der Waals surface area contributed by atoms with E-state index in [2.05, 4.69) is 4.72 Å². The maximum Gasteiger partial charge on any atom is 0.240 e. The first-order chi connectivity index (χ1) is 11.9. The Morgan fingerprint density at radius 3 is 2.32 bits per heavy atom. The van der Waals surface area contributed by atoms with Gasteiger partial charge in [0.2, 0.25) is 10.0 Å². The Kier molecular flexibility index (Phi) is 5.09. The minimum atomic E-state index is -3.83. The van der Waals surface area contributed by atoms with Gasteiger partial charge in [-0.2, -0.15) is 0 Å². The lowest BCUT2D eigenvalue weighted by Gasteiger charge is -2.15. The standard InChI is InChI=1S/C16H15NO5S3/c18-24(19,16-9-5-11-23-16)15(14-8-4-10-22-14)12-17-25(20,21)13-6-2-1-3-7-13/h1-11,15,17H,12H2/t15-/m1/s1. The van der Waals surface area contributed by atoms with Crippen LogP contribution in [0.2, 0.25) is 0 Å². The molecule has 0 saturated heterocycles. The smallest absolute Gasteiger partial charge is 0.240 e. The van der Waals surface area contributed by atoms with Crippen molar-refractivity contribution in [3.63, 3.8) is 0 Å². The zero-order chi connectivity index (χ0) is 17.9. The van der Waals surface area contributed by atoms with E-state index in [4.69, 9.17) is 4.42 Å². The first kappa shape index (κ1) is 17.9. The third-order valence-corrected chi connectivity index (χ3v) is 8.45. The van der Waals surface area contributed by atoms with Crippen LogP contribution >= 0.6 is 11.3 Å². The van der Waals surface area contributed by atoms with Gasteiger partial charge in [0, 0.05) is 6.54 Å². The van der Waals surface area contributed by atoms with Crippen molar-refractivity contribution >= 4 is 31.2 Å². The van der Waals surface area contributed by atoms with E-state index in [9.17, 15) is 16.8 Å². The van der Waals surface area contributed by atoms with Crippen LogP contribution in [-0.2, 0) is 19.9 Å². The number of hydrogen-bond donors (Lipinski definition) is 1. The van der Waals surface area contributed by atoms with Crippen molar-refractivity contribution in [2.24, 2.45) is 0 Å². The highest BCUT2D eigenvalue weighted by molar-refractivity contribution is 7.93. The minimum Gasteiger partial charge on any atom is -0.468 e. The zero-order valence-corrected chi connectivity index (χ0v) is 15.4. The van der Waals surface area contributed by atoms with Crippen LogP contribution in [0.5, 0.6) is 0 Å². The highest BCUT2D eigenvalue weighted by atomic mass is 32.2. The predicted molar refractivity (Wildman–Crippen MR) is 94.6 cm³/mol. The summed E-state index contributed by atoms with van der Waals surface area (Å²) in [6, 6.07) is 14.0. The second-order valence-corrected chi connectivity index (χ2v) is 10.2. The Morgan fingerprint density at radius 2 is 1.72 bits per heavy atom. The molecule has 1 atom stereocenters. The van der Waals surface area contributed by atoms with E-state index in [1.54, 1.807) is 35.7 Å². The Labute approximate surface area is 150 Å². The first-order valence-electron chi connectivity index (χ1n) is 7.27. The largest absolute Gasteiger partial charge is 0.468 e. The number of furan rings is 1. The van der Waals surface area contributed by atoms with Crippen molar-refractivity contribution in [1.29, 1.82) is 0 Å². The highest BCUT2D eigenvalue weighted by Gasteiger charge is 2.33. The molecule has 132 valence electrons. The van der Waals surface area contributed by atoms with Gasteiger partial charge < -0.3 is 4.42 Å². The van der Waals surface area contributed by atoms with Crippen LogP contribution in [0, 0.1) is 0 Å². The van der Waals surface area contributed by atoms with Gasteiger partial charge >= 0.3 is 0 Å². The van der Waals surface area contributed by atoms with Gasteiger partial charge in [-0.25, -0.2) is 21.6 Å². The van der Waals surface area contributed by atoms with Crippen molar-refractivity contribution in [2.75, 3.05) is 6.54 Å². The molecule has 0 aliphatic rings. The van der Waals surface area contributed by atoms with E-state index in [0.29, 0.717) is 0 Å². The summed E-state index contributed by atoms with van der Waals surface area (Å²) in [5.74, 6) is 0.184. The van der Waals surface area contributed by atoms with Gasteiger partial charge in [-0.15, -0.1) is 11.3 Å². The number of hydrogen-bond acceptors (Lipinski definition) is 6. The van der Waals surface area contributed by atoms with Gasteiger partial charge in [-0.3, -0.25) is 0 Å². The van der Waals surface area contributed by atoms with Crippen molar-refractivity contribution in [3.8, 4) is 0 Å². The SMILES string of the molecule is O=S(=O)(NC[C@H](c1ccco1)S(=O)(=O)c1cccs1)c1ccccc1. The summed E-state index contributed by atoms with van der Waals surface area (Å²) in [6.45, 7) is -0.328. The summed E-state index contributed by atoms with van der Waals surface area (Å²) in [7, 11) is -7.62. The summed E-state index contributed by atoms with van der Waals surface area (Å²) in [4.78, 5) is 0.0710. The van der Waals surface area contributed by atoms with Crippen LogP contribution in [0.3, 0.4) is 0 Å². The summed E-state index contributed by atoms with van der Waals surface area (Å²) in [5.41, 5.74) is 0. The van der Waals surface area contributed by atoms with Crippen LogP contribution in [0.1, 0.15) is 11.0 Å². The van der Waals surface area contributed by atoms with E-state index in [-0.39, 0.29) is 21.4 Å². The van der Waals surface area contributed by atoms with Crippen molar-refractivity contribution < 1.29 is 21.3 Å². The van der Waals surface area contributed by atoms with Crippen LogP contribution in [0.25, 0.3) is 0 Å². The molecule has 2 aromatic heterocycles.